The third-order valence-electron chi connectivity index (χ3n) is 2.57. The van der Waals surface area contributed by atoms with Crippen molar-refractivity contribution in [2.45, 2.75) is 17.2 Å². The first kappa shape index (κ1) is 11.4. The zero-order valence-corrected chi connectivity index (χ0v) is 11.2. The molecular formula is C10H11Br2NO2. The molecule has 1 aromatic heterocycles. The van der Waals surface area contributed by atoms with Crippen molar-refractivity contribution in [2.75, 3.05) is 13.2 Å². The SMILES string of the molecule is O=c1cc(Br)c(C2COCCC2Br)c[nH]1. The lowest BCUT2D eigenvalue weighted by atomic mass is 9.95. The molecule has 0 radical (unpaired) electrons. The van der Waals surface area contributed by atoms with E-state index in [0.717, 1.165) is 23.1 Å². The van der Waals surface area contributed by atoms with Gasteiger partial charge in [-0.2, -0.15) is 0 Å². The average molecular weight is 337 g/mol. The normalized spacial score (nSPS) is 26.5. The van der Waals surface area contributed by atoms with Gasteiger partial charge in [-0.1, -0.05) is 31.9 Å². The summed E-state index contributed by atoms with van der Waals surface area (Å²) < 4.78 is 6.30. The lowest BCUT2D eigenvalue weighted by molar-refractivity contribution is 0.0849. The van der Waals surface area contributed by atoms with Crippen molar-refractivity contribution < 1.29 is 4.74 Å². The fourth-order valence-electron chi connectivity index (χ4n) is 1.74. The molecule has 0 aliphatic carbocycles. The van der Waals surface area contributed by atoms with Crippen molar-refractivity contribution in [2.24, 2.45) is 0 Å². The van der Waals surface area contributed by atoms with Crippen LogP contribution in [-0.4, -0.2) is 23.0 Å². The molecule has 0 bridgehead atoms. The van der Waals surface area contributed by atoms with E-state index in [1.54, 1.807) is 12.3 Å². The molecule has 1 fully saturated rings. The highest BCUT2D eigenvalue weighted by molar-refractivity contribution is 9.10. The summed E-state index contributed by atoms with van der Waals surface area (Å²) >= 11 is 7.06. The van der Waals surface area contributed by atoms with Crippen molar-refractivity contribution in [3.8, 4) is 0 Å². The number of nitrogens with one attached hydrogen (secondary N) is 1. The standard InChI is InChI=1S/C10H11Br2NO2/c11-8-1-2-15-5-7(8)6-4-13-10(14)3-9(6)12/h3-4,7-8H,1-2,5H2,(H,13,14). The molecule has 1 aliphatic rings. The number of alkyl halides is 1. The van der Waals surface area contributed by atoms with Crippen molar-refractivity contribution in [1.82, 2.24) is 4.98 Å². The highest BCUT2D eigenvalue weighted by Gasteiger charge is 2.26. The minimum Gasteiger partial charge on any atom is -0.381 e. The van der Waals surface area contributed by atoms with E-state index in [-0.39, 0.29) is 5.56 Å². The van der Waals surface area contributed by atoms with Gasteiger partial charge in [-0.05, 0) is 12.0 Å². The van der Waals surface area contributed by atoms with Gasteiger partial charge >= 0.3 is 0 Å². The van der Waals surface area contributed by atoms with Crippen LogP contribution in [-0.2, 0) is 4.74 Å². The molecule has 82 valence electrons. The molecule has 0 saturated carbocycles. The summed E-state index contributed by atoms with van der Waals surface area (Å²) in [4.78, 5) is 14.2. The van der Waals surface area contributed by atoms with Gasteiger partial charge in [-0.3, -0.25) is 4.79 Å². The van der Waals surface area contributed by atoms with Crippen LogP contribution in [0.15, 0.2) is 21.5 Å². The smallest absolute Gasteiger partial charge is 0.249 e. The predicted molar refractivity (Wildman–Crippen MR) is 65.7 cm³/mol. The van der Waals surface area contributed by atoms with Crippen LogP contribution in [0.3, 0.4) is 0 Å². The Bertz CT molecular complexity index is 405. The van der Waals surface area contributed by atoms with Gasteiger partial charge in [0.1, 0.15) is 0 Å². The van der Waals surface area contributed by atoms with E-state index >= 15 is 0 Å². The number of ether oxygens (including phenoxy) is 1. The van der Waals surface area contributed by atoms with Crippen LogP contribution in [0.2, 0.25) is 0 Å². The van der Waals surface area contributed by atoms with Gasteiger partial charge in [-0.25, -0.2) is 0 Å². The lowest BCUT2D eigenvalue weighted by Crippen LogP contribution is -2.26. The molecule has 5 heteroatoms. The van der Waals surface area contributed by atoms with Crippen LogP contribution >= 0.6 is 31.9 Å². The van der Waals surface area contributed by atoms with Gasteiger partial charge in [0.2, 0.25) is 5.56 Å². The maximum absolute atomic E-state index is 11.1. The number of pyridine rings is 1. The van der Waals surface area contributed by atoms with Crippen LogP contribution in [0.1, 0.15) is 17.9 Å². The molecule has 15 heavy (non-hydrogen) atoms. The Kier molecular flexibility index (Phi) is 3.64. The molecule has 1 aliphatic heterocycles. The third-order valence-corrected chi connectivity index (χ3v) is 4.36. The van der Waals surface area contributed by atoms with Crippen LogP contribution in [0, 0.1) is 0 Å². The van der Waals surface area contributed by atoms with Gasteiger partial charge in [0.25, 0.3) is 0 Å². The maximum Gasteiger partial charge on any atom is 0.249 e. The summed E-state index contributed by atoms with van der Waals surface area (Å²) in [7, 11) is 0. The van der Waals surface area contributed by atoms with Crippen LogP contribution in [0.5, 0.6) is 0 Å². The van der Waals surface area contributed by atoms with Crippen LogP contribution in [0.25, 0.3) is 0 Å². The van der Waals surface area contributed by atoms with Crippen molar-refractivity contribution in [3.05, 3.63) is 32.7 Å². The molecule has 2 rings (SSSR count). The van der Waals surface area contributed by atoms with E-state index in [0.29, 0.717) is 17.4 Å². The monoisotopic (exact) mass is 335 g/mol. The summed E-state index contributed by atoms with van der Waals surface area (Å²) in [5, 5.41) is 0. The molecule has 1 saturated heterocycles. The quantitative estimate of drug-likeness (QED) is 0.800. The summed E-state index contributed by atoms with van der Waals surface area (Å²) in [5.41, 5.74) is 1.00. The molecule has 0 amide bonds. The van der Waals surface area contributed by atoms with Crippen molar-refractivity contribution >= 4 is 31.9 Å². The van der Waals surface area contributed by atoms with Gasteiger partial charge in [0.05, 0.1) is 6.61 Å². The first-order valence-corrected chi connectivity index (χ1v) is 6.49. The molecule has 1 aromatic rings. The topological polar surface area (TPSA) is 42.1 Å². The molecule has 2 atom stereocenters. The summed E-state index contributed by atoms with van der Waals surface area (Å²) in [6.07, 6.45) is 2.76. The highest BCUT2D eigenvalue weighted by atomic mass is 79.9. The third kappa shape index (κ3) is 2.52. The second-order valence-corrected chi connectivity index (χ2v) is 5.62. The summed E-state index contributed by atoms with van der Waals surface area (Å²) in [6.45, 7) is 1.49. The fourth-order valence-corrected chi connectivity index (χ4v) is 2.98. The van der Waals surface area contributed by atoms with Crippen LogP contribution < -0.4 is 5.56 Å². The molecule has 2 unspecified atom stereocenters. The van der Waals surface area contributed by atoms with E-state index in [1.807, 2.05) is 0 Å². The minimum absolute atomic E-state index is 0.0894. The highest BCUT2D eigenvalue weighted by Crippen LogP contribution is 2.33. The number of hydrogen-bond acceptors (Lipinski definition) is 2. The first-order chi connectivity index (χ1) is 7.18. The average Bonchev–Trinajstić information content (AvgIpc) is 2.20. The Morgan fingerprint density at radius 1 is 1.53 bits per heavy atom. The first-order valence-electron chi connectivity index (χ1n) is 4.78. The molecule has 3 nitrogen and oxygen atoms in total. The van der Waals surface area contributed by atoms with E-state index in [1.165, 1.54) is 0 Å². The molecule has 0 aromatic carbocycles. The minimum atomic E-state index is -0.0894. The Morgan fingerprint density at radius 3 is 3.00 bits per heavy atom. The van der Waals surface area contributed by atoms with E-state index in [2.05, 4.69) is 36.8 Å². The zero-order chi connectivity index (χ0) is 10.8. The Labute approximate surface area is 104 Å². The maximum atomic E-state index is 11.1. The molecular weight excluding hydrogens is 326 g/mol. The van der Waals surface area contributed by atoms with Gasteiger partial charge in [0, 0.05) is 34.1 Å². The zero-order valence-electron chi connectivity index (χ0n) is 8.00. The molecule has 0 spiro atoms. The Morgan fingerprint density at radius 2 is 2.33 bits per heavy atom. The second kappa shape index (κ2) is 4.80. The van der Waals surface area contributed by atoms with Gasteiger partial charge in [-0.15, -0.1) is 0 Å². The predicted octanol–water partition coefficient (Wildman–Crippen LogP) is 2.40. The largest absolute Gasteiger partial charge is 0.381 e. The number of H-pyrrole nitrogens is 1. The fraction of sp³-hybridized carbons (Fsp3) is 0.500. The van der Waals surface area contributed by atoms with Gasteiger partial charge in [0.15, 0.2) is 0 Å². The number of rotatable bonds is 1. The summed E-state index contributed by atoms with van der Waals surface area (Å²) in [5.74, 6) is 0.296. The molecule has 2 heterocycles. The Hall–Kier alpha value is -0.130. The number of aromatic nitrogens is 1. The second-order valence-electron chi connectivity index (χ2n) is 3.59. The Balaban J connectivity index is 2.31. The van der Waals surface area contributed by atoms with Crippen LogP contribution in [0.4, 0.5) is 0 Å². The lowest BCUT2D eigenvalue weighted by Gasteiger charge is -2.28. The van der Waals surface area contributed by atoms with E-state index < -0.39 is 0 Å². The van der Waals surface area contributed by atoms with Gasteiger partial charge < -0.3 is 9.72 Å². The van der Waals surface area contributed by atoms with E-state index in [9.17, 15) is 4.79 Å². The number of halogens is 2. The summed E-state index contributed by atoms with van der Waals surface area (Å²) in [6, 6.07) is 1.56. The number of aromatic amines is 1. The van der Waals surface area contributed by atoms with E-state index in [4.69, 9.17) is 4.74 Å². The van der Waals surface area contributed by atoms with Crippen molar-refractivity contribution in [3.63, 3.8) is 0 Å². The number of hydrogen-bond donors (Lipinski definition) is 1. The molecule has 1 N–H and O–H groups in total. The van der Waals surface area contributed by atoms with Crippen molar-refractivity contribution in [1.29, 1.82) is 0 Å².